The van der Waals surface area contributed by atoms with Gasteiger partial charge in [-0.05, 0) is 81.2 Å². The van der Waals surface area contributed by atoms with Crippen LogP contribution in [0.4, 0.5) is 0 Å². The summed E-state index contributed by atoms with van der Waals surface area (Å²) in [6, 6.07) is 0. The number of carbonyl (C=O) groups is 1. The van der Waals surface area contributed by atoms with Gasteiger partial charge >= 0.3 is 5.97 Å². The van der Waals surface area contributed by atoms with Crippen LogP contribution >= 0.6 is 0 Å². The van der Waals surface area contributed by atoms with Crippen molar-refractivity contribution in [2.24, 2.45) is 28.6 Å². The molecule has 0 bridgehead atoms. The summed E-state index contributed by atoms with van der Waals surface area (Å²) >= 11 is 0. The van der Waals surface area contributed by atoms with Crippen LogP contribution < -0.4 is 0 Å². The zero-order valence-corrected chi connectivity index (χ0v) is 18.3. The minimum atomic E-state index is -0.360. The number of nitrogens with zero attached hydrogens (tertiary/aromatic N) is 1. The zero-order valence-electron chi connectivity index (χ0n) is 18.3. The quantitative estimate of drug-likeness (QED) is 0.568. The number of rotatable bonds is 4. The van der Waals surface area contributed by atoms with Gasteiger partial charge in [0.05, 0.1) is 12.2 Å². The molecule has 0 amide bonds. The van der Waals surface area contributed by atoms with Crippen molar-refractivity contribution in [3.05, 3.63) is 11.6 Å². The molecule has 2 N–H and O–H groups in total. The topological polar surface area (TPSA) is 70.0 Å². The first-order valence-corrected chi connectivity index (χ1v) is 10.9. The van der Waals surface area contributed by atoms with E-state index in [1.165, 1.54) is 0 Å². The first-order valence-electron chi connectivity index (χ1n) is 10.9. The Morgan fingerprint density at radius 1 is 1.25 bits per heavy atom. The second-order valence-electron chi connectivity index (χ2n) is 10.5. The minimum absolute atomic E-state index is 0.157. The van der Waals surface area contributed by atoms with Crippen molar-refractivity contribution in [1.29, 1.82) is 0 Å². The Labute approximate surface area is 170 Å². The number of allylic oxidation sites excluding steroid dienone is 1. The number of carbonyl (C=O) groups excluding carboxylic acids is 1. The summed E-state index contributed by atoms with van der Waals surface area (Å²) in [7, 11) is 3.91. The maximum absolute atomic E-state index is 12.1. The molecule has 3 fully saturated rings. The second-order valence-corrected chi connectivity index (χ2v) is 10.5. The molecule has 3 rings (SSSR count). The van der Waals surface area contributed by atoms with Crippen molar-refractivity contribution in [2.75, 3.05) is 27.2 Å². The van der Waals surface area contributed by atoms with E-state index in [1.807, 2.05) is 19.0 Å². The molecular weight excluding hydrogens is 354 g/mol. The molecule has 0 saturated heterocycles. The highest BCUT2D eigenvalue weighted by molar-refractivity contribution is 5.82. The lowest BCUT2D eigenvalue weighted by Crippen LogP contribution is -2.60. The van der Waals surface area contributed by atoms with E-state index in [9.17, 15) is 15.0 Å². The van der Waals surface area contributed by atoms with Gasteiger partial charge in [0.15, 0.2) is 0 Å². The minimum Gasteiger partial charge on any atom is -0.461 e. The third kappa shape index (κ3) is 4.03. The fourth-order valence-corrected chi connectivity index (χ4v) is 6.50. The van der Waals surface area contributed by atoms with Gasteiger partial charge < -0.3 is 19.8 Å². The van der Waals surface area contributed by atoms with E-state index in [2.05, 4.69) is 20.8 Å². The van der Waals surface area contributed by atoms with Gasteiger partial charge in [-0.1, -0.05) is 26.3 Å². The molecule has 3 aliphatic carbocycles. The maximum atomic E-state index is 12.1. The number of hydrogen-bond donors (Lipinski definition) is 2. The largest absolute Gasteiger partial charge is 0.461 e. The Kier molecular flexibility index (Phi) is 6.29. The molecule has 0 aromatic carbocycles. The van der Waals surface area contributed by atoms with Crippen LogP contribution in [0, 0.1) is 28.6 Å². The average molecular weight is 394 g/mol. The summed E-state index contributed by atoms with van der Waals surface area (Å²) in [4.78, 5) is 14.1. The highest BCUT2D eigenvalue weighted by atomic mass is 16.5. The molecule has 3 saturated carbocycles. The van der Waals surface area contributed by atoms with Gasteiger partial charge in [0.1, 0.15) is 6.61 Å². The monoisotopic (exact) mass is 393 g/mol. The van der Waals surface area contributed by atoms with E-state index in [-0.39, 0.29) is 34.9 Å². The van der Waals surface area contributed by atoms with Crippen LogP contribution in [0.5, 0.6) is 0 Å². The Morgan fingerprint density at radius 2 is 1.96 bits per heavy atom. The van der Waals surface area contributed by atoms with Crippen LogP contribution in [0.1, 0.15) is 59.3 Å². The lowest BCUT2D eigenvalue weighted by atomic mass is 9.43. The second kappa shape index (κ2) is 8.08. The highest BCUT2D eigenvalue weighted by Crippen LogP contribution is 2.64. The van der Waals surface area contributed by atoms with Crippen molar-refractivity contribution < 1.29 is 19.7 Å². The summed E-state index contributed by atoms with van der Waals surface area (Å²) in [6.07, 6.45) is 6.36. The fraction of sp³-hybridized carbons (Fsp3) is 0.870. The molecule has 0 aromatic heterocycles. The third-order valence-electron chi connectivity index (χ3n) is 8.22. The average Bonchev–Trinajstić information content (AvgIpc) is 2.61. The van der Waals surface area contributed by atoms with Gasteiger partial charge in [-0.3, -0.25) is 0 Å². The van der Waals surface area contributed by atoms with Gasteiger partial charge in [0.25, 0.3) is 0 Å². The molecular formula is C23H39NO4. The van der Waals surface area contributed by atoms with Gasteiger partial charge in [0.2, 0.25) is 0 Å². The standard InChI is InChI=1S/C23H39NO4/c1-22(2)19-14-18(25)16-12-15(13-21(27)28-11-10-24(4)5)6-7-17(16)23(19,3)9-8-20(22)26/h13,16-20,25-26H,6-12,14H2,1-5H3/b15-13+. The van der Waals surface area contributed by atoms with E-state index in [0.29, 0.717) is 18.4 Å². The number of fused-ring (bicyclic) bond motifs is 3. The lowest BCUT2D eigenvalue weighted by molar-refractivity contribution is -0.183. The van der Waals surface area contributed by atoms with Crippen molar-refractivity contribution in [1.82, 2.24) is 4.90 Å². The van der Waals surface area contributed by atoms with Crippen LogP contribution in [-0.2, 0) is 9.53 Å². The van der Waals surface area contributed by atoms with Crippen LogP contribution in [0.3, 0.4) is 0 Å². The van der Waals surface area contributed by atoms with Crippen LogP contribution in [0.2, 0.25) is 0 Å². The zero-order chi connectivity index (χ0) is 20.7. The number of likely N-dealkylation sites (N-methyl/N-ethyl adjacent to an activating group) is 1. The molecule has 3 aliphatic rings. The summed E-state index contributed by atoms with van der Waals surface area (Å²) in [6.45, 7) is 7.86. The van der Waals surface area contributed by atoms with E-state index < -0.39 is 0 Å². The maximum Gasteiger partial charge on any atom is 0.330 e. The van der Waals surface area contributed by atoms with Gasteiger partial charge in [-0.15, -0.1) is 0 Å². The van der Waals surface area contributed by atoms with Crippen LogP contribution in [0.25, 0.3) is 0 Å². The van der Waals surface area contributed by atoms with Crippen molar-refractivity contribution >= 4 is 5.97 Å². The number of hydrogen-bond acceptors (Lipinski definition) is 5. The molecule has 0 spiro atoms. The first-order chi connectivity index (χ1) is 13.1. The predicted molar refractivity (Wildman–Crippen MR) is 110 cm³/mol. The number of aliphatic hydroxyl groups is 2. The number of esters is 1. The highest BCUT2D eigenvalue weighted by Gasteiger charge is 2.59. The predicted octanol–water partition coefficient (Wildman–Crippen LogP) is 3.00. The van der Waals surface area contributed by atoms with Crippen molar-refractivity contribution in [2.45, 2.75) is 71.5 Å². The van der Waals surface area contributed by atoms with Gasteiger partial charge in [-0.2, -0.15) is 0 Å². The van der Waals surface area contributed by atoms with Crippen LogP contribution in [0.15, 0.2) is 11.6 Å². The van der Waals surface area contributed by atoms with E-state index >= 15 is 0 Å². The molecule has 0 heterocycles. The molecule has 0 aromatic rings. The number of ether oxygens (including phenoxy) is 1. The molecule has 0 aliphatic heterocycles. The Balaban J connectivity index is 1.70. The molecule has 28 heavy (non-hydrogen) atoms. The Morgan fingerprint density at radius 3 is 2.64 bits per heavy atom. The molecule has 6 atom stereocenters. The van der Waals surface area contributed by atoms with E-state index in [4.69, 9.17) is 4.74 Å². The summed E-state index contributed by atoms with van der Waals surface area (Å²) in [5, 5.41) is 21.6. The molecule has 5 nitrogen and oxygen atoms in total. The number of aliphatic hydroxyl groups excluding tert-OH is 2. The SMILES string of the molecule is CN(C)CCOC(=O)/C=C1\CCC2C(C1)C(O)CC1C(C)(C)C(O)CCC21C. The van der Waals surface area contributed by atoms with Gasteiger partial charge in [-0.25, -0.2) is 4.79 Å². The van der Waals surface area contributed by atoms with Gasteiger partial charge in [0, 0.05) is 12.6 Å². The van der Waals surface area contributed by atoms with E-state index in [0.717, 1.165) is 50.6 Å². The molecule has 6 unspecified atom stereocenters. The third-order valence-corrected chi connectivity index (χ3v) is 8.22. The summed E-state index contributed by atoms with van der Waals surface area (Å²) in [5.41, 5.74) is 1.11. The summed E-state index contributed by atoms with van der Waals surface area (Å²) in [5.74, 6) is 0.741. The van der Waals surface area contributed by atoms with Crippen LogP contribution in [-0.4, -0.2) is 60.5 Å². The Bertz CT molecular complexity index is 614. The normalized spacial score (nSPS) is 41.4. The van der Waals surface area contributed by atoms with Crippen molar-refractivity contribution in [3.63, 3.8) is 0 Å². The van der Waals surface area contributed by atoms with E-state index in [1.54, 1.807) is 6.08 Å². The summed E-state index contributed by atoms with van der Waals surface area (Å²) < 4.78 is 5.32. The lowest BCUT2D eigenvalue weighted by Gasteiger charge is -2.63. The fourth-order valence-electron chi connectivity index (χ4n) is 6.50. The van der Waals surface area contributed by atoms with Crippen molar-refractivity contribution in [3.8, 4) is 0 Å². The molecule has 0 radical (unpaired) electrons. The molecule has 160 valence electrons. The smallest absolute Gasteiger partial charge is 0.330 e. The molecule has 5 heteroatoms. The first kappa shape index (κ1) is 21.8. The Hall–Kier alpha value is -0.910.